The van der Waals surface area contributed by atoms with Gasteiger partial charge in [0.2, 0.25) is 0 Å². The Balaban J connectivity index is 4.73. The Kier molecular flexibility index (Phi) is 5.31. The van der Waals surface area contributed by atoms with Crippen molar-refractivity contribution < 1.29 is 0 Å². The molecular formula is C10H19NS. The van der Waals surface area contributed by atoms with Crippen LogP contribution in [0.3, 0.4) is 0 Å². The average Bonchev–Trinajstić information content (AvgIpc) is 1.98. The normalized spacial score (nSPS) is 14.7. The molecule has 70 valence electrons. The minimum atomic E-state index is 0.455. The third-order valence-electron chi connectivity index (χ3n) is 1.88. The Bertz CT molecular complexity index is 168. The quantitative estimate of drug-likeness (QED) is 0.510. The predicted molar refractivity (Wildman–Crippen MR) is 59.9 cm³/mol. The fourth-order valence-electron chi connectivity index (χ4n) is 1.28. The minimum Gasteiger partial charge on any atom is -0.224 e. The second kappa shape index (κ2) is 5.41. The third kappa shape index (κ3) is 3.02. The molecule has 0 heterocycles. The summed E-state index contributed by atoms with van der Waals surface area (Å²) in [4.78, 5) is 0. The van der Waals surface area contributed by atoms with Crippen LogP contribution in [0.25, 0.3) is 0 Å². The molecule has 0 unspecified atom stereocenters. The maximum absolute atomic E-state index is 4.02. The van der Waals surface area contributed by atoms with E-state index in [-0.39, 0.29) is 0 Å². The van der Waals surface area contributed by atoms with E-state index >= 15 is 0 Å². The van der Waals surface area contributed by atoms with Crippen LogP contribution in [0.1, 0.15) is 34.6 Å². The van der Waals surface area contributed by atoms with Gasteiger partial charge in [-0.15, -0.1) is 0 Å². The zero-order valence-electron chi connectivity index (χ0n) is 8.63. The molecule has 12 heavy (non-hydrogen) atoms. The van der Waals surface area contributed by atoms with Crippen LogP contribution in [0.15, 0.2) is 16.0 Å². The number of nitrogens with zero attached hydrogens (tertiary/aromatic N) is 1. The summed E-state index contributed by atoms with van der Waals surface area (Å²) < 4.78 is 4.02. The Labute approximate surface area is 81.5 Å². The van der Waals surface area contributed by atoms with E-state index in [9.17, 15) is 0 Å². The van der Waals surface area contributed by atoms with Crippen LogP contribution in [0.5, 0.6) is 0 Å². The van der Waals surface area contributed by atoms with Crippen LogP contribution in [0, 0.1) is 11.8 Å². The lowest BCUT2D eigenvalue weighted by Crippen LogP contribution is -2.14. The fraction of sp³-hybridized carbons (Fsp3) is 0.700. The molecule has 0 rings (SSSR count). The van der Waals surface area contributed by atoms with Crippen molar-refractivity contribution >= 4 is 18.5 Å². The first-order valence-electron chi connectivity index (χ1n) is 4.43. The van der Waals surface area contributed by atoms with Crippen LogP contribution >= 0.6 is 12.8 Å². The Hall–Kier alpha value is -0.240. The number of allylic oxidation sites excluding steroid dienone is 2. The molecule has 0 fully saturated rings. The van der Waals surface area contributed by atoms with E-state index in [0.29, 0.717) is 11.8 Å². The van der Waals surface area contributed by atoms with Crippen LogP contribution in [-0.4, -0.2) is 5.71 Å². The van der Waals surface area contributed by atoms with Crippen LogP contribution in [-0.2, 0) is 0 Å². The van der Waals surface area contributed by atoms with E-state index in [1.807, 2.05) is 0 Å². The highest BCUT2D eigenvalue weighted by molar-refractivity contribution is 7.79. The van der Waals surface area contributed by atoms with E-state index in [0.717, 1.165) is 5.71 Å². The van der Waals surface area contributed by atoms with Crippen molar-refractivity contribution in [3.63, 3.8) is 0 Å². The van der Waals surface area contributed by atoms with E-state index in [2.05, 4.69) is 57.9 Å². The first kappa shape index (κ1) is 11.8. The Morgan fingerprint density at radius 3 is 1.75 bits per heavy atom. The summed E-state index contributed by atoms with van der Waals surface area (Å²) in [7, 11) is 0. The molecule has 0 amide bonds. The van der Waals surface area contributed by atoms with Gasteiger partial charge in [0.1, 0.15) is 0 Å². The number of hydrogen-bond donors (Lipinski definition) is 1. The van der Waals surface area contributed by atoms with Crippen LogP contribution in [0.2, 0.25) is 0 Å². The van der Waals surface area contributed by atoms with Gasteiger partial charge < -0.3 is 0 Å². The molecule has 0 saturated carbocycles. The zero-order chi connectivity index (χ0) is 9.72. The van der Waals surface area contributed by atoms with Gasteiger partial charge in [-0.25, -0.2) is 4.40 Å². The van der Waals surface area contributed by atoms with E-state index in [1.54, 1.807) is 0 Å². The van der Waals surface area contributed by atoms with E-state index in [1.165, 1.54) is 5.57 Å². The van der Waals surface area contributed by atoms with Crippen molar-refractivity contribution in [1.29, 1.82) is 0 Å². The number of rotatable bonds is 3. The molecule has 0 aliphatic heterocycles. The highest BCUT2D eigenvalue weighted by atomic mass is 32.1. The molecule has 0 saturated heterocycles. The molecule has 0 aliphatic rings. The zero-order valence-corrected chi connectivity index (χ0v) is 9.52. The number of hydrogen-bond acceptors (Lipinski definition) is 2. The lowest BCUT2D eigenvalue weighted by atomic mass is 9.92. The molecule has 0 spiro atoms. The summed E-state index contributed by atoms with van der Waals surface area (Å²) in [6.07, 6.45) is 2.12. The lowest BCUT2D eigenvalue weighted by molar-refractivity contribution is 0.774. The molecule has 0 aromatic carbocycles. The van der Waals surface area contributed by atoms with E-state index in [4.69, 9.17) is 0 Å². The lowest BCUT2D eigenvalue weighted by Gasteiger charge is -2.15. The second-order valence-corrected chi connectivity index (χ2v) is 3.74. The highest BCUT2D eigenvalue weighted by Gasteiger charge is 2.12. The van der Waals surface area contributed by atoms with Crippen molar-refractivity contribution in [1.82, 2.24) is 0 Å². The molecule has 0 aromatic rings. The standard InChI is InChI=1S/C10H19NS/c1-6-9(7(2)3)10(11-12)8(4)5/h6-8,12H,1-5H3/b9-6-,11-10?. The van der Waals surface area contributed by atoms with Gasteiger partial charge in [-0.2, -0.15) is 0 Å². The largest absolute Gasteiger partial charge is 0.224 e. The van der Waals surface area contributed by atoms with Crippen molar-refractivity contribution in [2.24, 2.45) is 16.2 Å². The maximum Gasteiger partial charge on any atom is 0.0540 e. The van der Waals surface area contributed by atoms with Gasteiger partial charge in [-0.3, -0.25) is 0 Å². The third-order valence-corrected chi connectivity index (χ3v) is 2.10. The monoisotopic (exact) mass is 185 g/mol. The molecule has 2 heteroatoms. The summed E-state index contributed by atoms with van der Waals surface area (Å²) in [5.41, 5.74) is 2.41. The molecule has 0 N–H and O–H groups in total. The first-order chi connectivity index (χ1) is 5.54. The van der Waals surface area contributed by atoms with Gasteiger partial charge in [-0.05, 0) is 37.1 Å². The molecule has 0 atom stereocenters. The Morgan fingerprint density at radius 1 is 1.17 bits per heavy atom. The Morgan fingerprint density at radius 2 is 1.67 bits per heavy atom. The summed E-state index contributed by atoms with van der Waals surface area (Å²) in [6, 6.07) is 0. The molecule has 1 nitrogen and oxygen atoms in total. The van der Waals surface area contributed by atoms with E-state index < -0.39 is 0 Å². The van der Waals surface area contributed by atoms with Crippen molar-refractivity contribution in [2.45, 2.75) is 34.6 Å². The molecular weight excluding hydrogens is 166 g/mol. The van der Waals surface area contributed by atoms with Gasteiger partial charge >= 0.3 is 0 Å². The number of thiol groups is 1. The van der Waals surface area contributed by atoms with Gasteiger partial charge in [-0.1, -0.05) is 33.8 Å². The summed E-state index contributed by atoms with van der Waals surface area (Å²) >= 11 is 3.99. The fourth-order valence-corrected chi connectivity index (χ4v) is 1.63. The summed E-state index contributed by atoms with van der Waals surface area (Å²) in [5.74, 6) is 0.986. The highest BCUT2D eigenvalue weighted by Crippen LogP contribution is 2.17. The minimum absolute atomic E-state index is 0.455. The van der Waals surface area contributed by atoms with Gasteiger partial charge in [0, 0.05) is 0 Å². The average molecular weight is 185 g/mol. The smallest absolute Gasteiger partial charge is 0.0540 e. The second-order valence-electron chi connectivity index (χ2n) is 3.54. The molecule has 0 aromatic heterocycles. The van der Waals surface area contributed by atoms with Crippen molar-refractivity contribution in [3.05, 3.63) is 11.6 Å². The SMILES string of the molecule is C/C=C(\C(=NS)C(C)C)C(C)C. The molecule has 0 aliphatic carbocycles. The topological polar surface area (TPSA) is 12.4 Å². The van der Waals surface area contributed by atoms with Gasteiger partial charge in [0.05, 0.1) is 5.71 Å². The summed E-state index contributed by atoms with van der Waals surface area (Å²) in [6.45, 7) is 10.7. The van der Waals surface area contributed by atoms with Crippen molar-refractivity contribution in [2.75, 3.05) is 0 Å². The predicted octanol–water partition coefficient (Wildman–Crippen LogP) is 3.53. The maximum atomic E-state index is 4.02. The van der Waals surface area contributed by atoms with Crippen LogP contribution in [0.4, 0.5) is 0 Å². The molecule has 0 radical (unpaired) electrons. The van der Waals surface area contributed by atoms with Gasteiger partial charge in [0.25, 0.3) is 0 Å². The van der Waals surface area contributed by atoms with Crippen molar-refractivity contribution in [3.8, 4) is 0 Å². The molecule has 0 bridgehead atoms. The van der Waals surface area contributed by atoms with Gasteiger partial charge in [0.15, 0.2) is 0 Å². The van der Waals surface area contributed by atoms with Crippen LogP contribution < -0.4 is 0 Å². The summed E-state index contributed by atoms with van der Waals surface area (Å²) in [5, 5.41) is 0. The first-order valence-corrected chi connectivity index (χ1v) is 4.83.